The Morgan fingerprint density at radius 1 is 1.30 bits per heavy atom. The number of unbranched alkanes of at least 4 members (excludes halogenated alkanes) is 1. The molecule has 0 aliphatic rings. The molecule has 0 heterocycles. The average Bonchev–Trinajstić information content (AvgIpc) is 2.37. The molecule has 20 heavy (non-hydrogen) atoms. The van der Waals surface area contributed by atoms with Gasteiger partial charge in [-0.3, -0.25) is 0 Å². The Morgan fingerprint density at radius 2 is 2.00 bits per heavy atom. The maximum atomic E-state index is 12.1. The average molecular weight is 319 g/mol. The second-order valence-electron chi connectivity index (χ2n) is 5.04. The maximum Gasteiger partial charge on any atom is 0.240 e. The number of hydrogen-bond donors (Lipinski definition) is 2. The molecule has 0 aromatic heterocycles. The molecule has 4 nitrogen and oxygen atoms in total. The van der Waals surface area contributed by atoms with Crippen LogP contribution in [0.1, 0.15) is 39.2 Å². The van der Waals surface area contributed by atoms with Gasteiger partial charge in [0.1, 0.15) is 0 Å². The third-order valence-corrected chi connectivity index (χ3v) is 4.68. The van der Waals surface area contributed by atoms with Gasteiger partial charge in [-0.2, -0.15) is 0 Å². The Kier molecular flexibility index (Phi) is 6.95. The van der Waals surface area contributed by atoms with Crippen molar-refractivity contribution in [2.24, 2.45) is 0 Å². The molecular formula is C14H23ClN2O2S. The van der Waals surface area contributed by atoms with Crippen LogP contribution < -0.4 is 10.0 Å². The fraction of sp³-hybridized carbons (Fsp3) is 0.571. The minimum atomic E-state index is -3.45. The highest BCUT2D eigenvalue weighted by Gasteiger charge is 2.15. The summed E-state index contributed by atoms with van der Waals surface area (Å²) in [6.07, 6.45) is 1.78. The van der Waals surface area contributed by atoms with Crippen molar-refractivity contribution in [2.75, 3.05) is 6.54 Å². The molecule has 1 rings (SSSR count). The summed E-state index contributed by atoms with van der Waals surface area (Å²) < 4.78 is 26.9. The van der Waals surface area contributed by atoms with Crippen LogP contribution in [0.3, 0.4) is 0 Å². The Morgan fingerprint density at radius 3 is 2.60 bits per heavy atom. The van der Waals surface area contributed by atoms with Gasteiger partial charge in [0.05, 0.1) is 4.90 Å². The lowest BCUT2D eigenvalue weighted by Gasteiger charge is -2.12. The lowest BCUT2D eigenvalue weighted by molar-refractivity contribution is 0.576. The molecular weight excluding hydrogens is 296 g/mol. The molecule has 0 radical (unpaired) electrons. The zero-order chi connectivity index (χ0) is 15.2. The van der Waals surface area contributed by atoms with Crippen LogP contribution in [0.15, 0.2) is 23.1 Å². The van der Waals surface area contributed by atoms with Crippen molar-refractivity contribution in [3.8, 4) is 0 Å². The topological polar surface area (TPSA) is 58.2 Å². The summed E-state index contributed by atoms with van der Waals surface area (Å²) in [4.78, 5) is 0.263. The fourth-order valence-corrected chi connectivity index (χ4v) is 2.94. The molecule has 0 fully saturated rings. The summed E-state index contributed by atoms with van der Waals surface area (Å²) in [5, 5.41) is 3.81. The van der Waals surface area contributed by atoms with E-state index >= 15 is 0 Å². The Labute approximate surface area is 127 Å². The predicted molar refractivity (Wildman–Crippen MR) is 83.5 cm³/mol. The SMILES string of the molecule is CCCCNS(=O)(=O)c1ccc(Cl)c(CNC(C)C)c1. The third kappa shape index (κ3) is 5.40. The minimum absolute atomic E-state index is 0.263. The first-order chi connectivity index (χ1) is 9.36. The van der Waals surface area contributed by atoms with Gasteiger partial charge in [-0.25, -0.2) is 13.1 Å². The quantitative estimate of drug-likeness (QED) is 0.725. The van der Waals surface area contributed by atoms with Crippen LogP contribution in [0.2, 0.25) is 5.02 Å². The molecule has 0 aliphatic carbocycles. The Bertz CT molecular complexity index is 530. The fourth-order valence-electron chi connectivity index (χ4n) is 1.63. The van der Waals surface area contributed by atoms with E-state index in [2.05, 4.69) is 10.0 Å². The molecule has 1 aromatic rings. The summed E-state index contributed by atoms with van der Waals surface area (Å²) in [5.74, 6) is 0. The summed E-state index contributed by atoms with van der Waals surface area (Å²) in [7, 11) is -3.45. The van der Waals surface area contributed by atoms with Crippen molar-refractivity contribution in [3.05, 3.63) is 28.8 Å². The first-order valence-electron chi connectivity index (χ1n) is 6.88. The van der Waals surface area contributed by atoms with E-state index < -0.39 is 10.0 Å². The van der Waals surface area contributed by atoms with Gasteiger partial charge in [0.2, 0.25) is 10.0 Å². The zero-order valence-electron chi connectivity index (χ0n) is 12.2. The number of nitrogens with one attached hydrogen (secondary N) is 2. The van der Waals surface area contributed by atoms with E-state index in [1.807, 2.05) is 20.8 Å². The second kappa shape index (κ2) is 7.98. The van der Waals surface area contributed by atoms with Gasteiger partial charge in [-0.1, -0.05) is 38.8 Å². The maximum absolute atomic E-state index is 12.1. The monoisotopic (exact) mass is 318 g/mol. The van der Waals surface area contributed by atoms with Gasteiger partial charge in [0.15, 0.2) is 0 Å². The van der Waals surface area contributed by atoms with Crippen molar-refractivity contribution >= 4 is 21.6 Å². The number of sulfonamides is 1. The van der Waals surface area contributed by atoms with Crippen LogP contribution >= 0.6 is 11.6 Å². The first kappa shape index (κ1) is 17.4. The van der Waals surface area contributed by atoms with Crippen LogP contribution in [-0.2, 0) is 16.6 Å². The molecule has 114 valence electrons. The molecule has 6 heteroatoms. The molecule has 0 saturated heterocycles. The van der Waals surface area contributed by atoms with E-state index in [-0.39, 0.29) is 4.90 Å². The summed E-state index contributed by atoms with van der Waals surface area (Å²) in [6.45, 7) is 7.09. The summed E-state index contributed by atoms with van der Waals surface area (Å²) in [5.41, 5.74) is 0.790. The third-order valence-electron chi connectivity index (χ3n) is 2.85. The molecule has 0 atom stereocenters. The number of hydrogen-bond acceptors (Lipinski definition) is 3. The molecule has 2 N–H and O–H groups in total. The smallest absolute Gasteiger partial charge is 0.240 e. The molecule has 0 saturated carbocycles. The van der Waals surface area contributed by atoms with Gasteiger partial charge in [-0.15, -0.1) is 0 Å². The number of benzene rings is 1. The molecule has 0 bridgehead atoms. The van der Waals surface area contributed by atoms with E-state index in [9.17, 15) is 8.42 Å². The Hall–Kier alpha value is -0.620. The van der Waals surface area contributed by atoms with Crippen LogP contribution in [0, 0.1) is 0 Å². The van der Waals surface area contributed by atoms with Gasteiger partial charge >= 0.3 is 0 Å². The van der Waals surface area contributed by atoms with Crippen molar-refractivity contribution in [1.29, 1.82) is 0 Å². The molecule has 0 aliphatic heterocycles. The molecule has 0 unspecified atom stereocenters. The largest absolute Gasteiger partial charge is 0.310 e. The van der Waals surface area contributed by atoms with E-state index in [4.69, 9.17) is 11.6 Å². The zero-order valence-corrected chi connectivity index (χ0v) is 13.8. The molecule has 0 amide bonds. The summed E-state index contributed by atoms with van der Waals surface area (Å²) >= 11 is 6.10. The second-order valence-corrected chi connectivity index (χ2v) is 7.21. The van der Waals surface area contributed by atoms with Crippen molar-refractivity contribution in [1.82, 2.24) is 10.0 Å². The van der Waals surface area contributed by atoms with Crippen LogP contribution in [0.25, 0.3) is 0 Å². The highest BCUT2D eigenvalue weighted by molar-refractivity contribution is 7.89. The van der Waals surface area contributed by atoms with Crippen LogP contribution in [-0.4, -0.2) is 21.0 Å². The predicted octanol–water partition coefficient (Wildman–Crippen LogP) is 2.92. The molecule has 0 spiro atoms. The first-order valence-corrected chi connectivity index (χ1v) is 8.74. The Balaban J connectivity index is 2.87. The van der Waals surface area contributed by atoms with Crippen LogP contribution in [0.4, 0.5) is 0 Å². The van der Waals surface area contributed by atoms with Crippen LogP contribution in [0.5, 0.6) is 0 Å². The van der Waals surface area contributed by atoms with E-state index in [0.717, 1.165) is 18.4 Å². The van der Waals surface area contributed by atoms with Crippen molar-refractivity contribution < 1.29 is 8.42 Å². The standard InChI is InChI=1S/C14H23ClN2O2S/c1-4-5-8-17-20(18,19)13-6-7-14(15)12(9-13)10-16-11(2)3/h6-7,9,11,16-17H,4-5,8,10H2,1-3H3. The highest BCUT2D eigenvalue weighted by Crippen LogP contribution is 2.20. The van der Waals surface area contributed by atoms with Gasteiger partial charge in [0, 0.05) is 24.2 Å². The van der Waals surface area contributed by atoms with Crippen molar-refractivity contribution in [2.45, 2.75) is 51.1 Å². The number of halogens is 1. The highest BCUT2D eigenvalue weighted by atomic mass is 35.5. The molecule has 1 aromatic carbocycles. The van der Waals surface area contributed by atoms with Gasteiger partial charge in [0.25, 0.3) is 0 Å². The van der Waals surface area contributed by atoms with E-state index in [1.165, 1.54) is 6.07 Å². The van der Waals surface area contributed by atoms with Gasteiger partial charge in [-0.05, 0) is 30.2 Å². The van der Waals surface area contributed by atoms with Gasteiger partial charge < -0.3 is 5.32 Å². The lowest BCUT2D eigenvalue weighted by atomic mass is 10.2. The number of rotatable bonds is 8. The van der Waals surface area contributed by atoms with Crippen molar-refractivity contribution in [3.63, 3.8) is 0 Å². The van der Waals surface area contributed by atoms with E-state index in [0.29, 0.717) is 24.2 Å². The van der Waals surface area contributed by atoms with E-state index in [1.54, 1.807) is 12.1 Å². The normalized spacial score (nSPS) is 12.1. The lowest BCUT2D eigenvalue weighted by Crippen LogP contribution is -2.25. The summed E-state index contributed by atoms with van der Waals surface area (Å²) in [6, 6.07) is 5.11. The minimum Gasteiger partial charge on any atom is -0.310 e.